The van der Waals surface area contributed by atoms with Gasteiger partial charge in [0.25, 0.3) is 0 Å². The Labute approximate surface area is 97.3 Å². The molecule has 0 aromatic heterocycles. The fourth-order valence-corrected chi connectivity index (χ4v) is 2.31. The topological polar surface area (TPSA) is 18.5 Å². The predicted molar refractivity (Wildman–Crippen MR) is 65.8 cm³/mol. The Hall–Kier alpha value is -1.74. The quantitative estimate of drug-likeness (QED) is 0.749. The summed E-state index contributed by atoms with van der Waals surface area (Å²) in [6.07, 6.45) is 0. The molecule has 0 aliphatic rings. The van der Waals surface area contributed by atoms with Crippen LogP contribution in [0.1, 0.15) is 0 Å². The van der Waals surface area contributed by atoms with Crippen molar-refractivity contribution < 1.29 is 8.85 Å². The van der Waals surface area contributed by atoms with Gasteiger partial charge in [-0.2, -0.15) is 0 Å². The zero-order chi connectivity index (χ0) is 11.2. The van der Waals surface area contributed by atoms with Gasteiger partial charge in [0.05, 0.1) is 0 Å². The van der Waals surface area contributed by atoms with Crippen molar-refractivity contribution in [3.8, 4) is 11.5 Å². The molecule has 0 atom stereocenters. The smallest absolute Gasteiger partial charge is 0.510 e. The summed E-state index contributed by atoms with van der Waals surface area (Å²) in [4.78, 5) is 0. The van der Waals surface area contributed by atoms with E-state index in [1.54, 1.807) is 0 Å². The third-order valence-electron chi connectivity index (χ3n) is 2.01. The van der Waals surface area contributed by atoms with Gasteiger partial charge in [-0.3, -0.25) is 0 Å². The fourth-order valence-electron chi connectivity index (χ4n) is 1.33. The molecule has 0 N–H and O–H groups in total. The van der Waals surface area contributed by atoms with Crippen LogP contribution < -0.4 is 8.85 Å². The summed E-state index contributed by atoms with van der Waals surface area (Å²) >= 11 is 0. The van der Waals surface area contributed by atoms with E-state index in [1.165, 1.54) is 0 Å². The monoisotopic (exact) mass is 229 g/mol. The second-order valence-electron chi connectivity index (χ2n) is 3.32. The van der Waals surface area contributed by atoms with E-state index in [9.17, 15) is 0 Å². The summed E-state index contributed by atoms with van der Waals surface area (Å²) in [6, 6.07) is 19.5. The van der Waals surface area contributed by atoms with Crippen LogP contribution in [0.5, 0.6) is 11.5 Å². The molecule has 0 fully saturated rings. The average molecular weight is 229 g/mol. The minimum Gasteiger partial charge on any atom is -0.510 e. The second kappa shape index (κ2) is 5.37. The zero-order valence-electron chi connectivity index (χ0n) is 9.09. The third-order valence-corrected chi connectivity index (χ3v) is 3.06. The van der Waals surface area contributed by atoms with Crippen molar-refractivity contribution in [2.45, 2.75) is 6.55 Å². The van der Waals surface area contributed by atoms with Gasteiger partial charge in [-0.15, -0.1) is 0 Å². The molecule has 2 aromatic carbocycles. The average Bonchev–Trinajstić information content (AvgIpc) is 2.31. The van der Waals surface area contributed by atoms with E-state index >= 15 is 0 Å². The number of benzene rings is 2. The van der Waals surface area contributed by atoms with Crippen LogP contribution in [-0.2, 0) is 0 Å². The summed E-state index contributed by atoms with van der Waals surface area (Å²) in [5.41, 5.74) is 0. The molecular weight excluding hydrogens is 216 g/mol. The van der Waals surface area contributed by atoms with Crippen molar-refractivity contribution in [1.82, 2.24) is 0 Å². The highest BCUT2D eigenvalue weighted by Gasteiger charge is 2.12. The van der Waals surface area contributed by atoms with Crippen LogP contribution in [0.2, 0.25) is 6.55 Å². The first-order chi connectivity index (χ1) is 7.84. The molecule has 2 rings (SSSR count). The lowest BCUT2D eigenvalue weighted by atomic mass is 10.3. The molecule has 0 aliphatic heterocycles. The van der Waals surface area contributed by atoms with Gasteiger partial charge < -0.3 is 8.85 Å². The largest absolute Gasteiger partial charge is 0.528 e. The van der Waals surface area contributed by atoms with Gasteiger partial charge in [-0.1, -0.05) is 36.4 Å². The normalized spacial score (nSPS) is 10.1. The summed E-state index contributed by atoms with van der Waals surface area (Å²) in [5, 5.41) is 0. The molecular formula is C13H13O2Si. The van der Waals surface area contributed by atoms with Crippen LogP contribution in [0.4, 0.5) is 0 Å². The number of hydrogen-bond donors (Lipinski definition) is 0. The summed E-state index contributed by atoms with van der Waals surface area (Å²) in [5.74, 6) is 1.71. The number of para-hydroxylation sites is 2. The highest BCUT2D eigenvalue weighted by atomic mass is 28.3. The van der Waals surface area contributed by atoms with Crippen LogP contribution in [0, 0.1) is 0 Å². The fraction of sp³-hybridized carbons (Fsp3) is 0.0769. The van der Waals surface area contributed by atoms with Gasteiger partial charge >= 0.3 is 9.28 Å². The Balaban J connectivity index is 1.92. The summed E-state index contributed by atoms with van der Waals surface area (Å²) < 4.78 is 11.4. The van der Waals surface area contributed by atoms with E-state index in [1.807, 2.05) is 67.2 Å². The third kappa shape index (κ3) is 3.14. The zero-order valence-corrected chi connectivity index (χ0v) is 10.1. The van der Waals surface area contributed by atoms with Crippen molar-refractivity contribution in [1.29, 1.82) is 0 Å². The molecule has 2 nitrogen and oxygen atoms in total. The molecule has 0 saturated heterocycles. The maximum absolute atomic E-state index is 5.70. The number of rotatable bonds is 4. The molecule has 81 valence electrons. The van der Waals surface area contributed by atoms with Crippen molar-refractivity contribution in [2.24, 2.45) is 0 Å². The Morgan fingerprint density at radius 2 is 1.06 bits per heavy atom. The van der Waals surface area contributed by atoms with Gasteiger partial charge in [0.15, 0.2) is 0 Å². The van der Waals surface area contributed by atoms with Crippen LogP contribution in [0.25, 0.3) is 0 Å². The molecule has 1 radical (unpaired) electrons. The van der Waals surface area contributed by atoms with E-state index < -0.39 is 9.28 Å². The lowest BCUT2D eigenvalue weighted by molar-refractivity contribution is 0.431. The van der Waals surface area contributed by atoms with Crippen LogP contribution in [0.3, 0.4) is 0 Å². The first-order valence-corrected chi connectivity index (χ1v) is 6.95. The Bertz CT molecular complexity index is 375. The molecule has 16 heavy (non-hydrogen) atoms. The van der Waals surface area contributed by atoms with Crippen LogP contribution in [0.15, 0.2) is 60.7 Å². The van der Waals surface area contributed by atoms with Crippen molar-refractivity contribution in [3.63, 3.8) is 0 Å². The standard InChI is InChI=1S/C13H13O2Si/c1-16(14-12-8-4-2-5-9-12)15-13-10-6-3-7-11-13/h2-11H,1H3. The maximum Gasteiger partial charge on any atom is 0.528 e. The molecule has 0 saturated carbocycles. The summed E-state index contributed by atoms with van der Waals surface area (Å²) in [6.45, 7) is 1.98. The van der Waals surface area contributed by atoms with Gasteiger partial charge in [-0.05, 0) is 24.3 Å². The van der Waals surface area contributed by atoms with Crippen LogP contribution in [-0.4, -0.2) is 9.28 Å². The molecule has 2 aromatic rings. The van der Waals surface area contributed by atoms with E-state index in [0.717, 1.165) is 11.5 Å². The van der Waals surface area contributed by atoms with E-state index in [4.69, 9.17) is 8.85 Å². The SMILES string of the molecule is C[Si](Oc1ccccc1)Oc1ccccc1. The molecule has 0 aliphatic carbocycles. The highest BCUT2D eigenvalue weighted by molar-refractivity contribution is 6.44. The molecule has 0 amide bonds. The summed E-state index contributed by atoms with van der Waals surface area (Å²) in [7, 11) is -1.29. The van der Waals surface area contributed by atoms with E-state index in [-0.39, 0.29) is 0 Å². The second-order valence-corrected chi connectivity index (χ2v) is 4.71. The predicted octanol–water partition coefficient (Wildman–Crippen LogP) is 3.26. The minimum absolute atomic E-state index is 0.856. The number of hydrogen-bond acceptors (Lipinski definition) is 2. The molecule has 0 bridgehead atoms. The van der Waals surface area contributed by atoms with Crippen LogP contribution >= 0.6 is 0 Å². The van der Waals surface area contributed by atoms with E-state index in [2.05, 4.69) is 0 Å². The van der Waals surface area contributed by atoms with Crippen molar-refractivity contribution in [2.75, 3.05) is 0 Å². The van der Waals surface area contributed by atoms with Crippen molar-refractivity contribution >= 4 is 9.28 Å². The highest BCUT2D eigenvalue weighted by Crippen LogP contribution is 2.13. The minimum atomic E-state index is -1.29. The Morgan fingerprint density at radius 1 is 0.688 bits per heavy atom. The first-order valence-electron chi connectivity index (χ1n) is 5.14. The Morgan fingerprint density at radius 3 is 1.44 bits per heavy atom. The van der Waals surface area contributed by atoms with Gasteiger partial charge in [0.2, 0.25) is 0 Å². The molecule has 0 heterocycles. The molecule has 0 unspecified atom stereocenters. The van der Waals surface area contributed by atoms with Gasteiger partial charge in [-0.25, -0.2) is 0 Å². The van der Waals surface area contributed by atoms with Gasteiger partial charge in [0.1, 0.15) is 11.5 Å². The molecule has 0 spiro atoms. The van der Waals surface area contributed by atoms with Gasteiger partial charge in [0, 0.05) is 6.55 Å². The maximum atomic E-state index is 5.70. The Kier molecular flexibility index (Phi) is 3.61. The molecule has 3 heteroatoms. The first kappa shape index (κ1) is 10.8. The van der Waals surface area contributed by atoms with Crippen molar-refractivity contribution in [3.05, 3.63) is 60.7 Å². The van der Waals surface area contributed by atoms with E-state index in [0.29, 0.717) is 0 Å². The lowest BCUT2D eigenvalue weighted by Crippen LogP contribution is -2.25. The lowest BCUT2D eigenvalue weighted by Gasteiger charge is -2.13.